The fourth-order valence-corrected chi connectivity index (χ4v) is 1.18. The van der Waals surface area contributed by atoms with E-state index in [1.165, 1.54) is 0 Å². The van der Waals surface area contributed by atoms with Crippen molar-refractivity contribution in [2.75, 3.05) is 26.4 Å². The van der Waals surface area contributed by atoms with Crippen LogP contribution < -0.4 is 5.32 Å². The van der Waals surface area contributed by atoms with Gasteiger partial charge >= 0.3 is 6.09 Å². The van der Waals surface area contributed by atoms with Gasteiger partial charge in [-0.25, -0.2) is 4.79 Å². The molecule has 5 nitrogen and oxygen atoms in total. The zero-order valence-corrected chi connectivity index (χ0v) is 11.1. The quantitative estimate of drug-likeness (QED) is 0.640. The molecule has 0 aliphatic heterocycles. The lowest BCUT2D eigenvalue weighted by Crippen LogP contribution is -2.33. The second kappa shape index (κ2) is 9.24. The minimum atomic E-state index is -0.442. The summed E-state index contributed by atoms with van der Waals surface area (Å²) in [7, 11) is 0. The van der Waals surface area contributed by atoms with Gasteiger partial charge in [-0.1, -0.05) is 0 Å². The van der Waals surface area contributed by atoms with Gasteiger partial charge in [0.2, 0.25) is 0 Å². The van der Waals surface area contributed by atoms with E-state index in [1.807, 2.05) is 20.8 Å². The summed E-state index contributed by atoms with van der Waals surface area (Å²) >= 11 is 0. The Bertz CT molecular complexity index is 201. The zero-order chi connectivity index (χ0) is 13.1. The number of nitrogens with one attached hydrogen (secondary N) is 1. The third kappa shape index (κ3) is 13.1. The van der Waals surface area contributed by atoms with Gasteiger partial charge in [0.05, 0.1) is 13.2 Å². The Morgan fingerprint density at radius 3 is 2.47 bits per heavy atom. The predicted octanol–water partition coefficient (Wildman–Crippen LogP) is 1.69. The van der Waals surface area contributed by atoms with Crippen molar-refractivity contribution in [2.24, 2.45) is 0 Å². The highest BCUT2D eigenvalue weighted by molar-refractivity contribution is 5.67. The normalized spacial score (nSPS) is 11.3. The lowest BCUT2D eigenvalue weighted by atomic mass is 10.2. The number of hydrogen-bond donors (Lipinski definition) is 2. The number of hydrogen-bond acceptors (Lipinski definition) is 4. The molecular formula is C12H25NO4. The van der Waals surface area contributed by atoms with Gasteiger partial charge in [0.15, 0.2) is 0 Å². The van der Waals surface area contributed by atoms with Crippen molar-refractivity contribution < 1.29 is 19.4 Å². The van der Waals surface area contributed by atoms with Crippen molar-refractivity contribution in [2.45, 2.75) is 45.6 Å². The van der Waals surface area contributed by atoms with Crippen LogP contribution in [0, 0.1) is 0 Å². The summed E-state index contributed by atoms with van der Waals surface area (Å²) in [6.45, 7) is 7.26. The molecule has 0 unspecified atom stereocenters. The van der Waals surface area contributed by atoms with E-state index >= 15 is 0 Å². The molecule has 0 rings (SSSR count). The molecule has 0 aromatic rings. The first-order valence-electron chi connectivity index (χ1n) is 6.11. The molecule has 0 bridgehead atoms. The summed E-state index contributed by atoms with van der Waals surface area (Å²) < 4.78 is 10.2. The molecule has 0 aromatic carbocycles. The molecule has 2 N–H and O–H groups in total. The summed E-state index contributed by atoms with van der Waals surface area (Å²) in [5.74, 6) is 0. The van der Waals surface area contributed by atoms with Crippen LogP contribution in [0.2, 0.25) is 0 Å². The van der Waals surface area contributed by atoms with Crippen LogP contribution in [0.25, 0.3) is 0 Å². The number of alkyl carbamates (subject to hydrolysis) is 1. The Morgan fingerprint density at radius 2 is 1.88 bits per heavy atom. The highest BCUT2D eigenvalue weighted by atomic mass is 16.6. The van der Waals surface area contributed by atoms with E-state index in [0.717, 1.165) is 19.3 Å². The summed E-state index contributed by atoms with van der Waals surface area (Å²) in [5.41, 5.74) is -0.442. The van der Waals surface area contributed by atoms with Crippen molar-refractivity contribution >= 4 is 6.09 Å². The van der Waals surface area contributed by atoms with Crippen LogP contribution in [0.1, 0.15) is 40.0 Å². The smallest absolute Gasteiger partial charge is 0.407 e. The van der Waals surface area contributed by atoms with E-state index in [2.05, 4.69) is 5.32 Å². The molecular weight excluding hydrogens is 222 g/mol. The number of aliphatic hydroxyl groups excluding tert-OH is 1. The van der Waals surface area contributed by atoms with Crippen LogP contribution in [-0.2, 0) is 9.47 Å². The Kier molecular flexibility index (Phi) is 8.80. The molecule has 17 heavy (non-hydrogen) atoms. The standard InChI is InChI=1S/C12H25NO4/c1-12(2,3)17-11(15)13-7-5-4-6-9-16-10-8-14/h14H,4-10H2,1-3H3,(H,13,15). The lowest BCUT2D eigenvalue weighted by Gasteiger charge is -2.19. The van der Waals surface area contributed by atoms with Crippen molar-refractivity contribution in [3.63, 3.8) is 0 Å². The van der Waals surface area contributed by atoms with Crippen molar-refractivity contribution in [1.29, 1.82) is 0 Å². The number of aliphatic hydroxyl groups is 1. The van der Waals surface area contributed by atoms with Gasteiger partial charge in [0.25, 0.3) is 0 Å². The minimum Gasteiger partial charge on any atom is -0.444 e. The van der Waals surface area contributed by atoms with Crippen LogP contribution in [0.15, 0.2) is 0 Å². The SMILES string of the molecule is CC(C)(C)OC(=O)NCCCCCOCCO. The summed E-state index contributed by atoms with van der Waals surface area (Å²) in [6.07, 6.45) is 2.47. The predicted molar refractivity (Wildman–Crippen MR) is 66.0 cm³/mol. The number of unbranched alkanes of at least 4 members (excludes halogenated alkanes) is 2. The fraction of sp³-hybridized carbons (Fsp3) is 0.917. The molecule has 0 spiro atoms. The van der Waals surface area contributed by atoms with Crippen LogP contribution >= 0.6 is 0 Å². The minimum absolute atomic E-state index is 0.0696. The van der Waals surface area contributed by atoms with Gasteiger partial charge in [-0.2, -0.15) is 0 Å². The molecule has 0 heterocycles. The van der Waals surface area contributed by atoms with Crippen LogP contribution in [0.3, 0.4) is 0 Å². The maximum atomic E-state index is 11.2. The van der Waals surface area contributed by atoms with Gasteiger partial charge in [0, 0.05) is 13.2 Å². The van der Waals surface area contributed by atoms with E-state index in [1.54, 1.807) is 0 Å². The third-order valence-electron chi connectivity index (χ3n) is 1.87. The topological polar surface area (TPSA) is 67.8 Å². The van der Waals surface area contributed by atoms with Gasteiger partial charge in [-0.05, 0) is 40.0 Å². The lowest BCUT2D eigenvalue weighted by molar-refractivity contribution is 0.0526. The summed E-state index contributed by atoms with van der Waals surface area (Å²) in [4.78, 5) is 11.2. The molecule has 0 atom stereocenters. The molecule has 0 aliphatic rings. The molecule has 102 valence electrons. The van der Waals surface area contributed by atoms with Crippen LogP contribution in [0.5, 0.6) is 0 Å². The number of amides is 1. The Balaban J connectivity index is 3.25. The largest absolute Gasteiger partial charge is 0.444 e. The maximum absolute atomic E-state index is 11.2. The highest BCUT2D eigenvalue weighted by Crippen LogP contribution is 2.06. The average Bonchev–Trinajstić information content (AvgIpc) is 2.19. The monoisotopic (exact) mass is 247 g/mol. The Morgan fingerprint density at radius 1 is 1.18 bits per heavy atom. The van der Waals surface area contributed by atoms with E-state index < -0.39 is 5.60 Å². The first-order chi connectivity index (χ1) is 7.95. The fourth-order valence-electron chi connectivity index (χ4n) is 1.18. The van der Waals surface area contributed by atoms with Crippen LogP contribution in [-0.4, -0.2) is 43.2 Å². The van der Waals surface area contributed by atoms with E-state index in [-0.39, 0.29) is 12.7 Å². The van der Waals surface area contributed by atoms with Gasteiger partial charge in [0.1, 0.15) is 5.60 Å². The molecule has 5 heteroatoms. The zero-order valence-electron chi connectivity index (χ0n) is 11.1. The molecule has 0 saturated carbocycles. The second-order valence-corrected chi connectivity index (χ2v) is 4.83. The number of rotatable bonds is 8. The van der Waals surface area contributed by atoms with Crippen molar-refractivity contribution in [1.82, 2.24) is 5.32 Å². The molecule has 0 aliphatic carbocycles. The summed E-state index contributed by atoms with van der Waals surface area (Å²) in [6, 6.07) is 0. The van der Waals surface area contributed by atoms with Gasteiger partial charge < -0.3 is 19.9 Å². The molecule has 0 fully saturated rings. The van der Waals surface area contributed by atoms with Crippen molar-refractivity contribution in [3.05, 3.63) is 0 Å². The number of ether oxygens (including phenoxy) is 2. The van der Waals surface area contributed by atoms with E-state index in [0.29, 0.717) is 19.8 Å². The molecule has 1 amide bonds. The highest BCUT2D eigenvalue weighted by Gasteiger charge is 2.15. The van der Waals surface area contributed by atoms with Crippen LogP contribution in [0.4, 0.5) is 4.79 Å². The second-order valence-electron chi connectivity index (χ2n) is 4.83. The molecule has 0 saturated heterocycles. The average molecular weight is 247 g/mol. The third-order valence-corrected chi connectivity index (χ3v) is 1.87. The molecule has 0 radical (unpaired) electrons. The first kappa shape index (κ1) is 16.2. The van der Waals surface area contributed by atoms with Gasteiger partial charge in [-0.3, -0.25) is 0 Å². The van der Waals surface area contributed by atoms with E-state index in [4.69, 9.17) is 14.6 Å². The summed E-state index contributed by atoms with van der Waals surface area (Å²) in [5, 5.41) is 11.2. The van der Waals surface area contributed by atoms with Gasteiger partial charge in [-0.15, -0.1) is 0 Å². The van der Waals surface area contributed by atoms with Crippen molar-refractivity contribution in [3.8, 4) is 0 Å². The van der Waals surface area contributed by atoms with E-state index in [9.17, 15) is 4.79 Å². The number of carbonyl (C=O) groups excluding carboxylic acids is 1. The maximum Gasteiger partial charge on any atom is 0.407 e. The first-order valence-corrected chi connectivity index (χ1v) is 6.11. The number of carbonyl (C=O) groups is 1. The Labute approximate surface area is 103 Å². The Hall–Kier alpha value is -0.810. The molecule has 0 aromatic heterocycles.